The standard InChI is InChI=1S/C38H49ClFN3O7S/c1-36(16-7-8-25-20-28(39)12-14-30(25)36)24-43-23-26-10-13-29(26)32(49-3)9-5-6-19-42(2)34(44)22-38(46,27-11-15-33(50-4)31(43)21-27)35(45)41-51(47,48)37(40)17-18-37/h5,9,11-12,14-15,20-21,26,29,32,46H,6-8,10,13,16-19,22-24H2,1-4H3,(H,41,45)/b9-5+/t26-,29+,32-,36-,38?/m0/s1. The fraction of sp³-hybridized carbons (Fsp3) is 0.579. The number of fused-ring (bicyclic) bond motifs is 4. The van der Waals surface area contributed by atoms with E-state index in [1.807, 2.05) is 24.3 Å². The number of carbonyl (C=O) groups is 2. The molecule has 2 aromatic carbocycles. The summed E-state index contributed by atoms with van der Waals surface area (Å²) in [4.78, 5) is 31.1. The van der Waals surface area contributed by atoms with Gasteiger partial charge in [0, 0.05) is 57.1 Å². The highest BCUT2D eigenvalue weighted by molar-refractivity contribution is 7.91. The molecular weight excluding hydrogens is 697 g/mol. The van der Waals surface area contributed by atoms with E-state index in [0.717, 1.165) is 32.1 Å². The van der Waals surface area contributed by atoms with Crippen LogP contribution in [-0.2, 0) is 41.8 Å². The van der Waals surface area contributed by atoms with Crippen molar-refractivity contribution in [1.82, 2.24) is 9.62 Å². The lowest BCUT2D eigenvalue weighted by Crippen LogP contribution is -2.51. The van der Waals surface area contributed by atoms with E-state index >= 15 is 0 Å². The van der Waals surface area contributed by atoms with E-state index in [0.29, 0.717) is 36.0 Å². The number of methoxy groups -OCH3 is 2. The summed E-state index contributed by atoms with van der Waals surface area (Å²) in [6.45, 7) is 3.70. The number of sulfonamides is 1. The number of hydrogen-bond acceptors (Lipinski definition) is 8. The molecule has 2 fully saturated rings. The summed E-state index contributed by atoms with van der Waals surface area (Å²) in [5.41, 5.74) is 0.0291. The maximum atomic E-state index is 14.9. The number of alkyl halides is 1. The molecule has 2 aromatic rings. The Morgan fingerprint density at radius 2 is 1.90 bits per heavy atom. The van der Waals surface area contributed by atoms with E-state index < -0.39 is 38.9 Å². The van der Waals surface area contributed by atoms with E-state index in [4.69, 9.17) is 21.1 Å². The van der Waals surface area contributed by atoms with Crippen LogP contribution >= 0.6 is 11.6 Å². The Morgan fingerprint density at radius 3 is 2.57 bits per heavy atom. The molecule has 0 radical (unpaired) electrons. The second-order valence-corrected chi connectivity index (χ2v) is 17.5. The molecule has 0 aromatic heterocycles. The van der Waals surface area contributed by atoms with Crippen LogP contribution in [0.3, 0.4) is 0 Å². The zero-order chi connectivity index (χ0) is 36.8. The van der Waals surface area contributed by atoms with E-state index in [9.17, 15) is 27.5 Å². The van der Waals surface area contributed by atoms with E-state index in [2.05, 4.69) is 17.9 Å². The third-order valence-corrected chi connectivity index (χ3v) is 13.6. The van der Waals surface area contributed by atoms with Crippen LogP contribution in [0.25, 0.3) is 0 Å². The highest BCUT2D eigenvalue weighted by Crippen LogP contribution is 2.47. The first-order chi connectivity index (χ1) is 24.1. The van der Waals surface area contributed by atoms with Gasteiger partial charge in [0.1, 0.15) is 5.75 Å². The largest absolute Gasteiger partial charge is 0.495 e. The summed E-state index contributed by atoms with van der Waals surface area (Å²) in [5.74, 6) is -1.01. The van der Waals surface area contributed by atoms with Crippen LogP contribution in [0.15, 0.2) is 48.6 Å². The number of rotatable bonds is 7. The molecule has 51 heavy (non-hydrogen) atoms. The van der Waals surface area contributed by atoms with Gasteiger partial charge in [-0.15, -0.1) is 0 Å². The number of anilines is 1. The zero-order valence-electron chi connectivity index (χ0n) is 29.8. The lowest BCUT2D eigenvalue weighted by Gasteiger charge is -2.47. The van der Waals surface area contributed by atoms with Crippen molar-refractivity contribution in [2.24, 2.45) is 11.8 Å². The van der Waals surface area contributed by atoms with E-state index in [1.165, 1.54) is 22.1 Å². The summed E-state index contributed by atoms with van der Waals surface area (Å²) in [6, 6.07) is 10.7. The van der Waals surface area contributed by atoms with Crippen molar-refractivity contribution in [2.45, 2.75) is 86.8 Å². The molecule has 2 saturated carbocycles. The average molecular weight is 746 g/mol. The number of benzene rings is 2. The van der Waals surface area contributed by atoms with Gasteiger partial charge in [0.05, 0.1) is 25.3 Å². The smallest absolute Gasteiger partial charge is 0.270 e. The third kappa shape index (κ3) is 7.39. The molecule has 1 heterocycles. The maximum Gasteiger partial charge on any atom is 0.270 e. The summed E-state index contributed by atoms with van der Waals surface area (Å²) < 4.78 is 54.3. The van der Waals surface area contributed by atoms with Crippen LogP contribution in [0.2, 0.25) is 5.02 Å². The molecule has 1 unspecified atom stereocenters. The SMILES string of the molecule is COc1ccc2cc1N(C[C@]1(C)CCCc3cc(Cl)ccc31)C[C@@H]1CC[C@H]1[C@@H](OC)/C=C/CCN(C)C(=O)CC2(O)C(=O)NS(=O)(=O)C1(F)CC1. The highest BCUT2D eigenvalue weighted by atomic mass is 35.5. The average Bonchev–Trinajstić information content (AvgIpc) is 3.85. The molecule has 6 rings (SSSR count). The predicted molar refractivity (Wildman–Crippen MR) is 194 cm³/mol. The van der Waals surface area contributed by atoms with Gasteiger partial charge in [0.25, 0.3) is 15.9 Å². The fourth-order valence-corrected chi connectivity index (χ4v) is 9.51. The summed E-state index contributed by atoms with van der Waals surface area (Å²) in [6.07, 6.45) is 7.91. The lowest BCUT2D eigenvalue weighted by molar-refractivity contribution is -0.148. The van der Waals surface area contributed by atoms with Crippen molar-refractivity contribution < 1.29 is 37.0 Å². The van der Waals surface area contributed by atoms with Crippen molar-refractivity contribution >= 4 is 39.1 Å². The molecule has 13 heteroatoms. The van der Waals surface area contributed by atoms with Gasteiger partial charge in [-0.3, -0.25) is 9.59 Å². The zero-order valence-corrected chi connectivity index (χ0v) is 31.4. The minimum atomic E-state index is -4.78. The van der Waals surface area contributed by atoms with Crippen LogP contribution in [-0.4, -0.2) is 82.2 Å². The molecule has 278 valence electrons. The van der Waals surface area contributed by atoms with Gasteiger partial charge in [-0.25, -0.2) is 17.5 Å². The Kier molecular flexibility index (Phi) is 10.6. The van der Waals surface area contributed by atoms with Crippen molar-refractivity contribution in [3.63, 3.8) is 0 Å². The molecule has 4 aliphatic rings. The molecule has 2 amide bonds. The van der Waals surface area contributed by atoms with Crippen molar-refractivity contribution in [2.75, 3.05) is 45.8 Å². The Hall–Kier alpha value is -3.19. The number of carbonyl (C=O) groups excluding carboxylic acids is 2. The van der Waals surface area contributed by atoms with Crippen LogP contribution < -0.4 is 14.4 Å². The van der Waals surface area contributed by atoms with E-state index in [1.54, 1.807) is 38.1 Å². The van der Waals surface area contributed by atoms with Crippen molar-refractivity contribution in [3.05, 3.63) is 70.3 Å². The maximum absolute atomic E-state index is 14.9. The third-order valence-electron chi connectivity index (χ3n) is 11.6. The molecule has 5 atom stereocenters. The molecule has 3 aliphatic carbocycles. The van der Waals surface area contributed by atoms with Gasteiger partial charge < -0.3 is 24.4 Å². The first kappa shape index (κ1) is 37.6. The van der Waals surface area contributed by atoms with Crippen LogP contribution in [0.1, 0.15) is 75.0 Å². The van der Waals surface area contributed by atoms with Crippen LogP contribution in [0, 0.1) is 11.8 Å². The van der Waals surface area contributed by atoms with Gasteiger partial charge in [-0.2, -0.15) is 0 Å². The Morgan fingerprint density at radius 1 is 1.14 bits per heavy atom. The quantitative estimate of drug-likeness (QED) is 0.362. The number of aliphatic hydroxyl groups is 1. The second-order valence-electron chi connectivity index (χ2n) is 15.1. The van der Waals surface area contributed by atoms with E-state index in [-0.39, 0.29) is 48.3 Å². The minimum Gasteiger partial charge on any atom is -0.495 e. The number of aryl methyl sites for hydroxylation is 1. The monoisotopic (exact) mass is 745 g/mol. The van der Waals surface area contributed by atoms with Crippen molar-refractivity contribution in [1.29, 1.82) is 0 Å². The minimum absolute atomic E-state index is 0.00523. The molecule has 10 nitrogen and oxygen atoms in total. The molecule has 1 aliphatic heterocycles. The van der Waals surface area contributed by atoms with Crippen LogP contribution in [0.4, 0.5) is 10.1 Å². The molecular formula is C38H49ClFN3O7S. The Labute approximate surface area is 305 Å². The van der Waals surface area contributed by atoms with Gasteiger partial charge in [-0.1, -0.05) is 42.8 Å². The fourth-order valence-electron chi connectivity index (χ4n) is 8.08. The van der Waals surface area contributed by atoms with Crippen LogP contribution in [0.5, 0.6) is 5.75 Å². The predicted octanol–water partition coefficient (Wildman–Crippen LogP) is 5.39. The first-order valence-corrected chi connectivity index (χ1v) is 19.6. The van der Waals surface area contributed by atoms with Gasteiger partial charge in [0.2, 0.25) is 10.9 Å². The van der Waals surface area contributed by atoms with Crippen molar-refractivity contribution in [3.8, 4) is 5.75 Å². The topological polar surface area (TPSA) is 125 Å². The lowest BCUT2D eigenvalue weighted by atomic mass is 9.68. The summed E-state index contributed by atoms with van der Waals surface area (Å²) in [5, 5.41) is 10.3. The number of ether oxygens (including phenoxy) is 2. The van der Waals surface area contributed by atoms with Gasteiger partial charge in [0.15, 0.2) is 5.60 Å². The number of nitrogens with zero attached hydrogens (tertiary/aromatic N) is 2. The van der Waals surface area contributed by atoms with Gasteiger partial charge in [-0.05, 0) is 91.3 Å². The normalized spacial score (nSPS) is 30.0. The number of halogens is 2. The Balaban J connectivity index is 1.48. The summed E-state index contributed by atoms with van der Waals surface area (Å²) >= 11 is 6.42. The second kappa shape index (κ2) is 14.3. The number of amides is 2. The first-order valence-electron chi connectivity index (χ1n) is 17.8. The summed E-state index contributed by atoms with van der Waals surface area (Å²) in [7, 11) is 0.0358. The number of hydrogen-bond donors (Lipinski definition) is 2. The molecule has 0 spiro atoms. The Bertz CT molecular complexity index is 1800. The molecule has 2 N–H and O–H groups in total. The highest BCUT2D eigenvalue weighted by Gasteiger charge is 2.58. The number of nitrogens with one attached hydrogen (secondary N) is 1. The molecule has 2 bridgehead atoms. The van der Waals surface area contributed by atoms with Gasteiger partial charge >= 0.3 is 0 Å². The molecule has 0 saturated heterocycles.